The molecule has 0 fully saturated rings. The summed E-state index contributed by atoms with van der Waals surface area (Å²) in [6.07, 6.45) is 1.99. The van der Waals surface area contributed by atoms with E-state index in [1.165, 1.54) is 0 Å². The van der Waals surface area contributed by atoms with Gasteiger partial charge in [0.1, 0.15) is 0 Å². The van der Waals surface area contributed by atoms with E-state index in [9.17, 15) is 9.59 Å². The van der Waals surface area contributed by atoms with Crippen LogP contribution in [0.3, 0.4) is 0 Å². The molecule has 14 heavy (non-hydrogen) atoms. The summed E-state index contributed by atoms with van der Waals surface area (Å²) in [5.41, 5.74) is 0. The lowest BCUT2D eigenvalue weighted by Gasteiger charge is -1.87. The number of hydrogen-bond donors (Lipinski definition) is 2. The molecule has 0 aromatic carbocycles. The highest BCUT2D eigenvalue weighted by Crippen LogP contribution is 1.87. The quantitative estimate of drug-likeness (QED) is 0.538. The summed E-state index contributed by atoms with van der Waals surface area (Å²) in [4.78, 5) is 26.6. The van der Waals surface area contributed by atoms with Gasteiger partial charge in [0, 0.05) is 12.8 Å². The van der Waals surface area contributed by atoms with Gasteiger partial charge in [0.05, 0.1) is 0 Å². The smallest absolute Gasteiger partial charge is 0.301 e. The Morgan fingerprint density at radius 2 is 1.21 bits per heavy atom. The van der Waals surface area contributed by atoms with Crippen LogP contribution in [0.2, 0.25) is 0 Å². The molecule has 0 bridgehead atoms. The van der Waals surface area contributed by atoms with E-state index >= 15 is 0 Å². The zero-order chi connectivity index (χ0) is 11.4. The minimum absolute atomic E-state index is 0.288. The molecule has 0 aromatic rings. The molecule has 6 heteroatoms. The third kappa shape index (κ3) is 13.4. The lowest BCUT2D eigenvalue weighted by Crippen LogP contribution is -1.97. The lowest BCUT2D eigenvalue weighted by atomic mass is 10.3. The van der Waals surface area contributed by atoms with E-state index in [2.05, 4.69) is 9.78 Å². The van der Waals surface area contributed by atoms with E-state index in [1.54, 1.807) is 0 Å². The van der Waals surface area contributed by atoms with Crippen LogP contribution in [-0.2, 0) is 19.4 Å². The maximum atomic E-state index is 9.94. The van der Waals surface area contributed by atoms with Crippen molar-refractivity contribution in [3.63, 3.8) is 0 Å². The van der Waals surface area contributed by atoms with Gasteiger partial charge in [0.25, 0.3) is 0 Å². The van der Waals surface area contributed by atoms with E-state index in [0.29, 0.717) is 12.8 Å². The monoisotopic (exact) mass is 208 g/mol. The molecule has 84 valence electrons. The van der Waals surface area contributed by atoms with Crippen molar-refractivity contribution in [2.75, 3.05) is 0 Å². The maximum Gasteiger partial charge on any atom is 0.342 e. The zero-order valence-electron chi connectivity index (χ0n) is 8.36. The zero-order valence-corrected chi connectivity index (χ0v) is 8.36. The van der Waals surface area contributed by atoms with Crippen LogP contribution in [-0.4, -0.2) is 22.5 Å². The summed E-state index contributed by atoms with van der Waals surface area (Å²) in [7, 11) is 0. The molecule has 0 unspecified atom stereocenters. The number of carbonyl (C=O) groups is 2. The Hall–Kier alpha value is -1.14. The van der Waals surface area contributed by atoms with E-state index in [0.717, 1.165) is 0 Å². The van der Waals surface area contributed by atoms with Crippen LogP contribution in [0.25, 0.3) is 0 Å². The molecule has 0 atom stereocenters. The van der Waals surface area contributed by atoms with E-state index in [1.807, 2.05) is 13.8 Å². The Balaban J connectivity index is 0. The Bertz CT molecular complexity index is 138. The van der Waals surface area contributed by atoms with Crippen LogP contribution in [0, 0.1) is 0 Å². The minimum Gasteiger partial charge on any atom is -0.301 e. The van der Waals surface area contributed by atoms with Crippen LogP contribution in [0.15, 0.2) is 0 Å². The fourth-order valence-electron chi connectivity index (χ4n) is 0.500. The Kier molecular flexibility index (Phi) is 13.0. The third-order valence-corrected chi connectivity index (χ3v) is 1.11. The highest BCUT2D eigenvalue weighted by molar-refractivity contribution is 5.68. The van der Waals surface area contributed by atoms with E-state index in [4.69, 9.17) is 10.5 Å². The van der Waals surface area contributed by atoms with Gasteiger partial charge in [-0.25, -0.2) is 9.59 Å². The first-order valence-corrected chi connectivity index (χ1v) is 4.30. The van der Waals surface area contributed by atoms with Crippen LogP contribution in [0.1, 0.15) is 39.5 Å². The number of rotatable bonds is 4. The second kappa shape index (κ2) is 11.9. The maximum absolute atomic E-state index is 9.94. The van der Waals surface area contributed by atoms with E-state index < -0.39 is 11.9 Å². The largest absolute Gasteiger partial charge is 0.342 e. The fraction of sp³-hybridized carbons (Fsp3) is 0.750. The topological polar surface area (TPSA) is 93.1 Å². The number of carbonyl (C=O) groups excluding carboxylic acids is 2. The van der Waals surface area contributed by atoms with Crippen LogP contribution < -0.4 is 0 Å². The molecule has 0 spiro atoms. The van der Waals surface area contributed by atoms with Crippen molar-refractivity contribution < 1.29 is 29.9 Å². The van der Waals surface area contributed by atoms with Gasteiger partial charge < -0.3 is 9.78 Å². The summed E-state index contributed by atoms with van der Waals surface area (Å²) in [6.45, 7) is 3.66. The summed E-state index contributed by atoms with van der Waals surface area (Å²) < 4.78 is 0. The average molecular weight is 208 g/mol. The average Bonchev–Trinajstić information content (AvgIpc) is 2.19. The molecule has 0 aromatic heterocycles. The first-order valence-electron chi connectivity index (χ1n) is 4.30. The van der Waals surface area contributed by atoms with Crippen molar-refractivity contribution in [2.24, 2.45) is 0 Å². The molecule has 0 aliphatic carbocycles. The van der Waals surface area contributed by atoms with Gasteiger partial charge in [-0.1, -0.05) is 13.8 Å². The summed E-state index contributed by atoms with van der Waals surface area (Å²) >= 11 is 0. The summed E-state index contributed by atoms with van der Waals surface area (Å²) in [5, 5.41) is 15.2. The predicted molar refractivity (Wildman–Crippen MR) is 47.3 cm³/mol. The van der Waals surface area contributed by atoms with Crippen molar-refractivity contribution in [3.05, 3.63) is 0 Å². The Morgan fingerprint density at radius 3 is 1.29 bits per heavy atom. The van der Waals surface area contributed by atoms with Crippen molar-refractivity contribution >= 4 is 11.9 Å². The second-order valence-corrected chi connectivity index (χ2v) is 2.43. The van der Waals surface area contributed by atoms with Crippen LogP contribution >= 0.6 is 0 Å². The number of hydrogen-bond acceptors (Lipinski definition) is 6. The standard InChI is InChI=1S/2C4H8O3/c2*1-2-3-4(5)7-6/h2*6H,2-3H2,1H3. The summed E-state index contributed by atoms with van der Waals surface area (Å²) in [6, 6.07) is 0. The highest BCUT2D eigenvalue weighted by atomic mass is 17.1. The lowest BCUT2D eigenvalue weighted by molar-refractivity contribution is -0.234. The molecule has 6 nitrogen and oxygen atoms in total. The van der Waals surface area contributed by atoms with Crippen molar-refractivity contribution in [1.29, 1.82) is 0 Å². The van der Waals surface area contributed by atoms with Gasteiger partial charge in [-0.15, -0.1) is 0 Å². The third-order valence-electron chi connectivity index (χ3n) is 1.11. The molecule has 0 saturated carbocycles. The molecule has 0 saturated heterocycles. The van der Waals surface area contributed by atoms with Gasteiger partial charge in [-0.2, -0.15) is 10.5 Å². The molecular weight excluding hydrogens is 192 g/mol. The molecule has 2 N–H and O–H groups in total. The normalized spacial score (nSPS) is 8.29. The van der Waals surface area contributed by atoms with E-state index in [-0.39, 0.29) is 12.8 Å². The molecule has 0 aliphatic rings. The first-order chi connectivity index (χ1) is 6.62. The van der Waals surface area contributed by atoms with Crippen LogP contribution in [0.5, 0.6) is 0 Å². The van der Waals surface area contributed by atoms with Gasteiger partial charge in [0.15, 0.2) is 0 Å². The molecule has 0 heterocycles. The van der Waals surface area contributed by atoms with Gasteiger partial charge in [-0.05, 0) is 12.8 Å². The highest BCUT2D eigenvalue weighted by Gasteiger charge is 1.95. The molecule has 0 radical (unpaired) electrons. The van der Waals surface area contributed by atoms with Gasteiger partial charge in [0.2, 0.25) is 0 Å². The molecular formula is C8H16O6. The predicted octanol–water partition coefficient (Wildman–Crippen LogP) is 1.61. The minimum atomic E-state index is -0.567. The van der Waals surface area contributed by atoms with Gasteiger partial charge >= 0.3 is 11.9 Å². The van der Waals surface area contributed by atoms with Crippen LogP contribution in [0.4, 0.5) is 0 Å². The first kappa shape index (κ1) is 15.3. The van der Waals surface area contributed by atoms with Crippen molar-refractivity contribution in [3.8, 4) is 0 Å². The SMILES string of the molecule is CCCC(=O)OO.CCCC(=O)OO. The second-order valence-electron chi connectivity index (χ2n) is 2.43. The Labute approximate surface area is 82.3 Å². The molecule has 0 aliphatic heterocycles. The molecule has 0 amide bonds. The fourth-order valence-corrected chi connectivity index (χ4v) is 0.500. The Morgan fingerprint density at radius 1 is 0.929 bits per heavy atom. The summed E-state index contributed by atoms with van der Waals surface area (Å²) in [5.74, 6) is -1.13. The van der Waals surface area contributed by atoms with Gasteiger partial charge in [-0.3, -0.25) is 0 Å². The molecule has 0 rings (SSSR count). The van der Waals surface area contributed by atoms with Crippen molar-refractivity contribution in [1.82, 2.24) is 0 Å². The van der Waals surface area contributed by atoms with Crippen molar-refractivity contribution in [2.45, 2.75) is 39.5 Å².